The van der Waals surface area contributed by atoms with E-state index >= 15 is 0 Å². The van der Waals surface area contributed by atoms with Gasteiger partial charge in [-0.05, 0) is 42.9 Å². The van der Waals surface area contributed by atoms with E-state index in [1.807, 2.05) is 6.07 Å². The second-order valence-corrected chi connectivity index (χ2v) is 8.47. The van der Waals surface area contributed by atoms with Gasteiger partial charge in [-0.1, -0.05) is 25.8 Å². The first-order valence-corrected chi connectivity index (χ1v) is 9.10. The second kappa shape index (κ2) is 6.79. The molecule has 4 nitrogen and oxygen atoms in total. The van der Waals surface area contributed by atoms with Crippen LogP contribution in [0.2, 0.25) is 0 Å². The van der Waals surface area contributed by atoms with Crippen LogP contribution in [-0.2, 0) is 10.0 Å². The lowest BCUT2D eigenvalue weighted by molar-refractivity contribution is 0.300. The molecule has 0 bridgehead atoms. The molecular weight excluding hydrogens is 284 g/mol. The second-order valence-electron chi connectivity index (χ2n) is 6.32. The summed E-state index contributed by atoms with van der Waals surface area (Å²) in [6, 6.07) is 7.09. The highest BCUT2D eigenvalue weighted by Crippen LogP contribution is 2.28. The van der Waals surface area contributed by atoms with Gasteiger partial charge in [-0.25, -0.2) is 12.7 Å². The average Bonchev–Trinajstić information content (AvgIpc) is 2.47. The summed E-state index contributed by atoms with van der Waals surface area (Å²) in [7, 11) is -0.248. The van der Waals surface area contributed by atoms with Crippen molar-refractivity contribution in [3.63, 3.8) is 0 Å². The number of nitrogens with one attached hydrogen (secondary N) is 1. The Bertz CT molecular complexity index is 561. The fraction of sp³-hybridized carbons (Fsp3) is 0.625. The summed E-state index contributed by atoms with van der Waals surface area (Å²) >= 11 is 0. The number of benzene rings is 1. The molecule has 21 heavy (non-hydrogen) atoms. The molecule has 1 N–H and O–H groups in total. The topological polar surface area (TPSA) is 49.4 Å². The average molecular weight is 310 g/mol. The molecule has 1 saturated carbocycles. The fourth-order valence-electron chi connectivity index (χ4n) is 2.77. The molecule has 2 rings (SSSR count). The van der Waals surface area contributed by atoms with Gasteiger partial charge in [-0.3, -0.25) is 0 Å². The van der Waals surface area contributed by atoms with E-state index in [0.29, 0.717) is 10.8 Å². The van der Waals surface area contributed by atoms with Crippen molar-refractivity contribution in [2.45, 2.75) is 37.5 Å². The van der Waals surface area contributed by atoms with E-state index in [1.165, 1.54) is 30.0 Å². The first kappa shape index (κ1) is 16.3. The van der Waals surface area contributed by atoms with Gasteiger partial charge in [0.25, 0.3) is 0 Å². The number of sulfonamides is 1. The number of hydrogen-bond donors (Lipinski definition) is 1. The Hall–Kier alpha value is -1.07. The minimum absolute atomic E-state index is 0.342. The van der Waals surface area contributed by atoms with Crippen LogP contribution in [0.1, 0.15) is 32.6 Å². The first-order chi connectivity index (χ1) is 9.89. The highest BCUT2D eigenvalue weighted by Gasteiger charge is 2.19. The summed E-state index contributed by atoms with van der Waals surface area (Å²) in [6.07, 6.45) is 5.15. The van der Waals surface area contributed by atoms with Gasteiger partial charge >= 0.3 is 0 Å². The van der Waals surface area contributed by atoms with Gasteiger partial charge in [0.15, 0.2) is 0 Å². The van der Waals surface area contributed by atoms with E-state index in [0.717, 1.165) is 18.2 Å². The smallest absolute Gasteiger partial charge is 0.242 e. The molecule has 0 unspecified atom stereocenters. The van der Waals surface area contributed by atoms with Gasteiger partial charge in [0.05, 0.1) is 4.90 Å². The van der Waals surface area contributed by atoms with E-state index < -0.39 is 10.0 Å². The van der Waals surface area contributed by atoms with E-state index in [-0.39, 0.29) is 0 Å². The molecule has 0 aliphatic heterocycles. The van der Waals surface area contributed by atoms with E-state index in [4.69, 9.17) is 0 Å². The fourth-order valence-corrected chi connectivity index (χ4v) is 3.72. The Balaban J connectivity index is 1.99. The van der Waals surface area contributed by atoms with Crippen molar-refractivity contribution in [3.8, 4) is 0 Å². The third-order valence-electron chi connectivity index (χ3n) is 4.34. The van der Waals surface area contributed by atoms with Crippen LogP contribution in [0.15, 0.2) is 29.2 Å². The van der Waals surface area contributed by atoms with Gasteiger partial charge in [-0.2, -0.15) is 0 Å². The Labute approximate surface area is 128 Å². The molecule has 0 spiro atoms. The summed E-state index contributed by atoms with van der Waals surface area (Å²) in [4.78, 5) is 0.342. The normalized spacial score (nSPS) is 23.2. The van der Waals surface area contributed by atoms with Crippen molar-refractivity contribution in [1.29, 1.82) is 0 Å². The molecule has 1 aliphatic carbocycles. The Morgan fingerprint density at radius 2 is 1.86 bits per heavy atom. The van der Waals surface area contributed by atoms with Gasteiger partial charge in [0.1, 0.15) is 0 Å². The Morgan fingerprint density at radius 3 is 2.48 bits per heavy atom. The number of anilines is 1. The minimum atomic E-state index is -3.36. The zero-order valence-corrected chi connectivity index (χ0v) is 14.0. The zero-order valence-electron chi connectivity index (χ0n) is 13.2. The lowest BCUT2D eigenvalue weighted by Gasteiger charge is -2.26. The van der Waals surface area contributed by atoms with Crippen LogP contribution in [0, 0.1) is 11.8 Å². The molecule has 1 fully saturated rings. The monoisotopic (exact) mass is 310 g/mol. The van der Waals surface area contributed by atoms with Crippen LogP contribution in [-0.4, -0.2) is 33.4 Å². The molecular formula is C16H26N2O2S. The van der Waals surface area contributed by atoms with Crippen molar-refractivity contribution in [3.05, 3.63) is 24.3 Å². The van der Waals surface area contributed by atoms with Gasteiger partial charge < -0.3 is 5.32 Å². The summed E-state index contributed by atoms with van der Waals surface area (Å²) in [5, 5.41) is 3.40. The molecule has 1 aromatic rings. The Kier molecular flexibility index (Phi) is 5.27. The molecule has 0 heterocycles. The predicted molar refractivity (Wildman–Crippen MR) is 86.9 cm³/mol. The molecule has 1 aromatic carbocycles. The van der Waals surface area contributed by atoms with Crippen LogP contribution < -0.4 is 5.32 Å². The molecule has 118 valence electrons. The summed E-state index contributed by atoms with van der Waals surface area (Å²) in [5.41, 5.74) is 0.886. The summed E-state index contributed by atoms with van der Waals surface area (Å²) in [6.45, 7) is 3.25. The number of nitrogens with zero attached hydrogens (tertiary/aromatic N) is 1. The lowest BCUT2D eigenvalue weighted by Crippen LogP contribution is -2.22. The summed E-state index contributed by atoms with van der Waals surface area (Å²) in [5.74, 6) is 1.56. The standard InChI is InChI=1S/C16H26N2O2S/c1-13-7-9-14(10-8-13)12-17-15-5-4-6-16(11-15)21(19,20)18(2)3/h4-6,11,13-14,17H,7-10,12H2,1-3H3. The molecule has 0 amide bonds. The summed E-state index contributed by atoms with van der Waals surface area (Å²) < 4.78 is 25.5. The van der Waals surface area contributed by atoms with Crippen LogP contribution in [0.25, 0.3) is 0 Å². The molecule has 0 radical (unpaired) electrons. The van der Waals surface area contributed by atoms with Crippen molar-refractivity contribution in [2.75, 3.05) is 26.0 Å². The third kappa shape index (κ3) is 4.20. The van der Waals surface area contributed by atoms with Gasteiger partial charge in [0.2, 0.25) is 10.0 Å². The molecule has 5 heteroatoms. The zero-order chi connectivity index (χ0) is 15.5. The first-order valence-electron chi connectivity index (χ1n) is 7.66. The number of hydrogen-bond acceptors (Lipinski definition) is 3. The molecule has 0 aromatic heterocycles. The van der Waals surface area contributed by atoms with Crippen LogP contribution in [0.4, 0.5) is 5.69 Å². The highest BCUT2D eigenvalue weighted by atomic mass is 32.2. The van der Waals surface area contributed by atoms with E-state index in [2.05, 4.69) is 12.2 Å². The SMILES string of the molecule is CC1CCC(CNc2cccc(S(=O)(=O)N(C)C)c2)CC1. The molecule has 0 atom stereocenters. The van der Waals surface area contributed by atoms with Crippen molar-refractivity contribution < 1.29 is 8.42 Å². The van der Waals surface area contributed by atoms with Gasteiger partial charge in [-0.15, -0.1) is 0 Å². The van der Waals surface area contributed by atoms with Crippen molar-refractivity contribution >= 4 is 15.7 Å². The van der Waals surface area contributed by atoms with E-state index in [9.17, 15) is 8.42 Å². The Morgan fingerprint density at radius 1 is 1.19 bits per heavy atom. The molecule has 0 saturated heterocycles. The van der Waals surface area contributed by atoms with E-state index in [1.54, 1.807) is 32.3 Å². The molecule has 1 aliphatic rings. The van der Waals surface area contributed by atoms with Crippen molar-refractivity contribution in [1.82, 2.24) is 4.31 Å². The highest BCUT2D eigenvalue weighted by molar-refractivity contribution is 7.89. The lowest BCUT2D eigenvalue weighted by atomic mass is 9.83. The maximum atomic E-state index is 12.1. The van der Waals surface area contributed by atoms with Gasteiger partial charge in [0, 0.05) is 26.3 Å². The third-order valence-corrected chi connectivity index (χ3v) is 6.15. The maximum absolute atomic E-state index is 12.1. The quantitative estimate of drug-likeness (QED) is 0.909. The largest absolute Gasteiger partial charge is 0.385 e. The van der Waals surface area contributed by atoms with Crippen LogP contribution >= 0.6 is 0 Å². The van der Waals surface area contributed by atoms with Crippen molar-refractivity contribution in [2.24, 2.45) is 11.8 Å². The number of rotatable bonds is 5. The minimum Gasteiger partial charge on any atom is -0.385 e. The predicted octanol–water partition coefficient (Wildman–Crippen LogP) is 3.18. The maximum Gasteiger partial charge on any atom is 0.242 e. The van der Waals surface area contributed by atoms with Crippen LogP contribution in [0.3, 0.4) is 0 Å². The van der Waals surface area contributed by atoms with Crippen LogP contribution in [0.5, 0.6) is 0 Å².